The number of fused-ring (bicyclic) bond motifs is 3. The van der Waals surface area contributed by atoms with E-state index >= 15 is 0 Å². The Balaban J connectivity index is 1.92. The zero-order valence-electron chi connectivity index (χ0n) is 13.3. The van der Waals surface area contributed by atoms with E-state index < -0.39 is 0 Å². The predicted molar refractivity (Wildman–Crippen MR) is 91.0 cm³/mol. The number of nitrogens with one attached hydrogen (secondary N) is 1. The molecule has 22 heavy (non-hydrogen) atoms. The van der Waals surface area contributed by atoms with Crippen LogP contribution in [-0.2, 0) is 6.54 Å². The Bertz CT molecular complexity index is 784. The van der Waals surface area contributed by atoms with Gasteiger partial charge in [0.25, 0.3) is 0 Å². The second-order valence-corrected chi connectivity index (χ2v) is 6.33. The highest BCUT2D eigenvalue weighted by Crippen LogP contribution is 2.41. The Labute approximate surface area is 131 Å². The molecular weight excluding hydrogens is 272 g/mol. The topological polar surface area (TPSA) is 28.3 Å². The Kier molecular flexibility index (Phi) is 3.12. The zero-order chi connectivity index (χ0) is 15.3. The number of aromatic nitrogens is 1. The average Bonchev–Trinajstić information content (AvgIpc) is 2.89. The van der Waals surface area contributed by atoms with E-state index in [4.69, 9.17) is 4.74 Å². The fraction of sp³-hybridized carbons (Fsp3) is 0.368. The normalized spacial score (nSPS) is 26.1. The van der Waals surface area contributed by atoms with Crippen molar-refractivity contribution in [3.05, 3.63) is 47.7 Å². The van der Waals surface area contributed by atoms with Crippen molar-refractivity contribution >= 4 is 16.5 Å². The average molecular weight is 294 g/mol. The van der Waals surface area contributed by atoms with Gasteiger partial charge < -0.3 is 9.72 Å². The fourth-order valence-corrected chi connectivity index (χ4v) is 3.96. The monoisotopic (exact) mass is 294 g/mol. The number of piperidine rings is 1. The number of H-pyrrole nitrogens is 1. The minimum atomic E-state index is 0.482. The Morgan fingerprint density at radius 3 is 3.00 bits per heavy atom. The van der Waals surface area contributed by atoms with Crippen molar-refractivity contribution < 1.29 is 4.74 Å². The summed E-state index contributed by atoms with van der Waals surface area (Å²) in [5, 5.41) is 1.27. The smallest absolute Gasteiger partial charge is 0.119 e. The molecule has 2 bridgehead atoms. The van der Waals surface area contributed by atoms with Crippen LogP contribution < -0.4 is 4.74 Å². The van der Waals surface area contributed by atoms with Crippen LogP contribution in [0.1, 0.15) is 24.6 Å². The summed E-state index contributed by atoms with van der Waals surface area (Å²) in [7, 11) is 1.72. The molecule has 1 N–H and O–H groups in total. The molecule has 3 aliphatic rings. The molecule has 1 aromatic carbocycles. The summed E-state index contributed by atoms with van der Waals surface area (Å²) < 4.78 is 5.40. The van der Waals surface area contributed by atoms with Gasteiger partial charge in [0, 0.05) is 35.6 Å². The van der Waals surface area contributed by atoms with Crippen LogP contribution in [0, 0.1) is 5.92 Å². The molecule has 1 saturated heterocycles. The first kappa shape index (κ1) is 13.6. The summed E-state index contributed by atoms with van der Waals surface area (Å²) in [4.78, 5) is 6.15. The van der Waals surface area contributed by atoms with Crippen LogP contribution in [0.5, 0.6) is 5.75 Å². The van der Waals surface area contributed by atoms with Gasteiger partial charge in [-0.2, -0.15) is 0 Å². The summed E-state index contributed by atoms with van der Waals surface area (Å²) in [6.07, 6.45) is 3.45. The van der Waals surface area contributed by atoms with E-state index in [9.17, 15) is 0 Å². The van der Waals surface area contributed by atoms with Crippen molar-refractivity contribution in [1.82, 2.24) is 9.88 Å². The van der Waals surface area contributed by atoms with Crippen molar-refractivity contribution in [2.75, 3.05) is 20.2 Å². The molecule has 3 nitrogen and oxygen atoms in total. The van der Waals surface area contributed by atoms with E-state index in [0.717, 1.165) is 25.4 Å². The number of ether oxygens (including phenoxy) is 1. The van der Waals surface area contributed by atoms with Crippen molar-refractivity contribution in [3.8, 4) is 5.75 Å². The van der Waals surface area contributed by atoms with Gasteiger partial charge in [0.2, 0.25) is 0 Å². The van der Waals surface area contributed by atoms with Gasteiger partial charge in [-0.05, 0) is 49.2 Å². The highest BCUT2D eigenvalue weighted by atomic mass is 16.5. The van der Waals surface area contributed by atoms with E-state index in [-0.39, 0.29) is 0 Å². The zero-order valence-corrected chi connectivity index (χ0v) is 13.3. The largest absolute Gasteiger partial charge is 0.497 e. The summed E-state index contributed by atoms with van der Waals surface area (Å²) in [5.74, 6) is 1.39. The van der Waals surface area contributed by atoms with Crippen molar-refractivity contribution in [1.29, 1.82) is 0 Å². The molecule has 3 aliphatic heterocycles. The number of hydrogen-bond acceptors (Lipinski definition) is 2. The minimum absolute atomic E-state index is 0.482. The number of hydrogen-bond donors (Lipinski definition) is 1. The van der Waals surface area contributed by atoms with Gasteiger partial charge in [-0.3, -0.25) is 4.90 Å². The molecule has 4 heterocycles. The van der Waals surface area contributed by atoms with Gasteiger partial charge in [-0.15, -0.1) is 0 Å². The predicted octanol–water partition coefficient (Wildman–Crippen LogP) is 3.97. The molecule has 2 aromatic rings. The quantitative estimate of drug-likeness (QED) is 0.806. The molecular formula is C19H22N2O. The number of aromatic amines is 1. The molecule has 114 valence electrons. The molecule has 0 saturated carbocycles. The molecule has 1 aromatic heterocycles. The number of methoxy groups -OCH3 is 1. The van der Waals surface area contributed by atoms with Gasteiger partial charge in [-0.25, -0.2) is 0 Å². The first-order valence-corrected chi connectivity index (χ1v) is 7.96. The lowest BCUT2D eigenvalue weighted by Crippen LogP contribution is -2.37. The van der Waals surface area contributed by atoms with Crippen LogP contribution in [0.3, 0.4) is 0 Å². The van der Waals surface area contributed by atoms with Crippen LogP contribution in [0.25, 0.3) is 16.5 Å². The SMILES string of the molecule is C=C1c2[nH]c3ccc(OC)cc3c2CN2CCC1/C(=C\C)C2. The van der Waals surface area contributed by atoms with E-state index in [0.29, 0.717) is 5.92 Å². The van der Waals surface area contributed by atoms with Crippen LogP contribution in [-0.4, -0.2) is 30.1 Å². The third-order valence-electron chi connectivity index (χ3n) is 5.20. The lowest BCUT2D eigenvalue weighted by Gasteiger charge is -2.38. The highest BCUT2D eigenvalue weighted by molar-refractivity contribution is 5.91. The van der Waals surface area contributed by atoms with Gasteiger partial charge in [-0.1, -0.05) is 18.2 Å². The molecule has 0 spiro atoms. The second-order valence-electron chi connectivity index (χ2n) is 6.33. The number of benzene rings is 1. The third kappa shape index (κ3) is 1.92. The lowest BCUT2D eigenvalue weighted by atomic mass is 9.81. The fourth-order valence-electron chi connectivity index (χ4n) is 3.96. The van der Waals surface area contributed by atoms with Gasteiger partial charge in [0.05, 0.1) is 7.11 Å². The molecule has 2 unspecified atom stereocenters. The summed E-state index contributed by atoms with van der Waals surface area (Å²) in [5.41, 5.74) is 6.54. The second kappa shape index (κ2) is 5.03. The number of nitrogens with zero attached hydrogens (tertiary/aromatic N) is 1. The maximum absolute atomic E-state index is 5.40. The maximum Gasteiger partial charge on any atom is 0.119 e. The molecule has 5 rings (SSSR count). The van der Waals surface area contributed by atoms with Crippen molar-refractivity contribution in [2.24, 2.45) is 5.92 Å². The van der Waals surface area contributed by atoms with Gasteiger partial charge in [0.1, 0.15) is 5.75 Å². The van der Waals surface area contributed by atoms with Crippen LogP contribution >= 0.6 is 0 Å². The van der Waals surface area contributed by atoms with Crippen LogP contribution in [0.2, 0.25) is 0 Å². The summed E-state index contributed by atoms with van der Waals surface area (Å²) >= 11 is 0. The highest BCUT2D eigenvalue weighted by Gasteiger charge is 2.32. The van der Waals surface area contributed by atoms with Crippen molar-refractivity contribution in [3.63, 3.8) is 0 Å². The summed E-state index contributed by atoms with van der Waals surface area (Å²) in [6, 6.07) is 6.27. The van der Waals surface area contributed by atoms with E-state index in [1.807, 2.05) is 6.07 Å². The Morgan fingerprint density at radius 2 is 2.23 bits per heavy atom. The number of rotatable bonds is 1. The standard InChI is InChI=1S/C19H22N2O/c1-4-13-10-21-8-7-15(13)12(2)19-17(11-21)16-9-14(22-3)5-6-18(16)20-19/h4-6,9,15,20H,2,7-8,10-11H2,1,3H3/b13-4-. The van der Waals surface area contributed by atoms with E-state index in [1.165, 1.54) is 39.7 Å². The minimum Gasteiger partial charge on any atom is -0.497 e. The van der Waals surface area contributed by atoms with Gasteiger partial charge >= 0.3 is 0 Å². The number of allylic oxidation sites excluding steroid dienone is 2. The third-order valence-corrected chi connectivity index (χ3v) is 5.20. The van der Waals surface area contributed by atoms with E-state index in [2.05, 4.69) is 41.6 Å². The first-order chi connectivity index (χ1) is 10.7. The van der Waals surface area contributed by atoms with Crippen LogP contribution in [0.15, 0.2) is 36.4 Å². The first-order valence-electron chi connectivity index (χ1n) is 7.96. The summed E-state index contributed by atoms with van der Waals surface area (Å²) in [6.45, 7) is 9.79. The molecule has 3 heteroatoms. The molecule has 2 atom stereocenters. The van der Waals surface area contributed by atoms with E-state index in [1.54, 1.807) is 7.11 Å². The maximum atomic E-state index is 5.40. The molecule has 0 amide bonds. The Hall–Kier alpha value is -2.00. The van der Waals surface area contributed by atoms with Crippen LogP contribution in [0.4, 0.5) is 0 Å². The van der Waals surface area contributed by atoms with Gasteiger partial charge in [0.15, 0.2) is 0 Å². The Morgan fingerprint density at radius 1 is 1.36 bits per heavy atom. The lowest BCUT2D eigenvalue weighted by molar-refractivity contribution is 0.238. The van der Waals surface area contributed by atoms with Crippen molar-refractivity contribution in [2.45, 2.75) is 19.9 Å². The molecule has 0 radical (unpaired) electrons. The molecule has 1 fully saturated rings. The molecule has 0 aliphatic carbocycles.